The maximum Gasteiger partial charge on any atom is 0.338 e. The van der Waals surface area contributed by atoms with Crippen molar-refractivity contribution in [3.8, 4) is 0 Å². The van der Waals surface area contributed by atoms with Crippen molar-refractivity contribution in [3.05, 3.63) is 0 Å². The smallest absolute Gasteiger partial charge is 0.338 e. The van der Waals surface area contributed by atoms with Gasteiger partial charge in [0.25, 0.3) is 0 Å². The fourth-order valence-electron chi connectivity index (χ4n) is 1.93. The van der Waals surface area contributed by atoms with Crippen molar-refractivity contribution in [1.29, 1.82) is 0 Å². The van der Waals surface area contributed by atoms with Crippen LogP contribution in [0, 0.1) is 0 Å². The van der Waals surface area contributed by atoms with Crippen LogP contribution in [0.15, 0.2) is 0 Å². The van der Waals surface area contributed by atoms with E-state index in [2.05, 4.69) is 0 Å². The number of carbonyl (C=O) groups is 2. The van der Waals surface area contributed by atoms with Crippen LogP contribution in [0.3, 0.4) is 0 Å². The molecular formula is C11H19NO4. The number of carboxylic acids is 1. The molecule has 0 aromatic heterocycles. The second-order valence-corrected chi connectivity index (χ2v) is 5.19. The molecule has 1 atom stereocenters. The molecule has 1 fully saturated rings. The normalized spacial score (nSPS) is 26.8. The quantitative estimate of drug-likeness (QED) is 0.562. The van der Waals surface area contributed by atoms with Gasteiger partial charge in [0.2, 0.25) is 5.54 Å². The van der Waals surface area contributed by atoms with Crippen LogP contribution in [0.5, 0.6) is 0 Å². The summed E-state index contributed by atoms with van der Waals surface area (Å²) in [5.41, 5.74) is -2.16. The van der Waals surface area contributed by atoms with Crippen LogP contribution in [0.1, 0.15) is 33.6 Å². The maximum absolute atomic E-state index is 12.0. The summed E-state index contributed by atoms with van der Waals surface area (Å²) in [5.74, 6) is -1.78. The largest absolute Gasteiger partial charge is 0.479 e. The van der Waals surface area contributed by atoms with Crippen LogP contribution in [0.2, 0.25) is 0 Å². The number of nitrogens with zero attached hydrogens (tertiary/aromatic N) is 1. The molecule has 16 heavy (non-hydrogen) atoms. The lowest BCUT2D eigenvalue weighted by Crippen LogP contribution is -2.57. The van der Waals surface area contributed by atoms with Gasteiger partial charge in [-0.1, -0.05) is 0 Å². The molecule has 0 unspecified atom stereocenters. The zero-order chi connectivity index (χ0) is 12.6. The van der Waals surface area contributed by atoms with E-state index in [1.165, 1.54) is 0 Å². The van der Waals surface area contributed by atoms with Crippen LogP contribution >= 0.6 is 0 Å². The van der Waals surface area contributed by atoms with Gasteiger partial charge in [-0.05, 0) is 47.2 Å². The van der Waals surface area contributed by atoms with E-state index in [0.717, 1.165) is 0 Å². The van der Waals surface area contributed by atoms with Crippen molar-refractivity contribution in [2.45, 2.75) is 44.8 Å². The second-order valence-electron chi connectivity index (χ2n) is 5.19. The van der Waals surface area contributed by atoms with E-state index >= 15 is 0 Å². The van der Waals surface area contributed by atoms with Crippen LogP contribution in [-0.4, -0.2) is 46.7 Å². The van der Waals surface area contributed by atoms with Gasteiger partial charge in [0.15, 0.2) is 0 Å². The Kier molecular flexibility index (Phi) is 3.28. The van der Waals surface area contributed by atoms with E-state index in [1.807, 2.05) is 0 Å². The Labute approximate surface area is 95.4 Å². The summed E-state index contributed by atoms with van der Waals surface area (Å²) in [5, 5.41) is 9.26. The molecule has 0 aliphatic carbocycles. The number of ether oxygens (including phenoxy) is 1. The Bertz CT molecular complexity index is 308. The Morgan fingerprint density at radius 2 is 1.94 bits per heavy atom. The highest BCUT2D eigenvalue weighted by Gasteiger charge is 2.54. The number of carboxylic acid groups (broad SMARTS) is 1. The Hall–Kier alpha value is -1.10. The number of carbonyl (C=O) groups excluding carboxylic acids is 1. The third-order valence-electron chi connectivity index (χ3n) is 2.77. The number of hydrogen-bond acceptors (Lipinski definition) is 4. The fraction of sp³-hybridized carbons (Fsp3) is 0.818. The van der Waals surface area contributed by atoms with Crippen molar-refractivity contribution < 1.29 is 19.4 Å². The lowest BCUT2D eigenvalue weighted by Gasteiger charge is -2.32. The van der Waals surface area contributed by atoms with Gasteiger partial charge < -0.3 is 9.84 Å². The van der Waals surface area contributed by atoms with Gasteiger partial charge in [0.05, 0.1) is 0 Å². The minimum absolute atomic E-state index is 0.313. The van der Waals surface area contributed by atoms with Crippen molar-refractivity contribution in [2.75, 3.05) is 13.6 Å². The molecule has 1 N–H and O–H groups in total. The highest BCUT2D eigenvalue weighted by molar-refractivity contribution is 6.04. The topological polar surface area (TPSA) is 66.8 Å². The van der Waals surface area contributed by atoms with Gasteiger partial charge >= 0.3 is 11.9 Å². The minimum Gasteiger partial charge on any atom is -0.479 e. The lowest BCUT2D eigenvalue weighted by molar-refractivity contribution is -0.176. The number of likely N-dealkylation sites (tertiary alicyclic amines) is 1. The molecule has 0 saturated carbocycles. The summed E-state index contributed by atoms with van der Waals surface area (Å²) in [4.78, 5) is 24.9. The number of likely N-dealkylation sites (N-methyl/N-ethyl adjacent to an activating group) is 1. The Morgan fingerprint density at radius 3 is 2.25 bits per heavy atom. The predicted molar refractivity (Wildman–Crippen MR) is 58.1 cm³/mol. The first-order valence-electron chi connectivity index (χ1n) is 5.38. The summed E-state index contributed by atoms with van der Waals surface area (Å²) in [6.45, 7) is 5.80. The Morgan fingerprint density at radius 1 is 1.38 bits per heavy atom. The van der Waals surface area contributed by atoms with Crippen LogP contribution < -0.4 is 0 Å². The fourth-order valence-corrected chi connectivity index (χ4v) is 1.93. The van der Waals surface area contributed by atoms with Gasteiger partial charge in [-0.2, -0.15) is 0 Å². The molecule has 92 valence electrons. The molecule has 0 amide bonds. The lowest BCUT2D eigenvalue weighted by atomic mass is 9.96. The standard InChI is InChI=1S/C11H19NO4/c1-10(2,3)16-9(15)11(8(13)14)6-5-7-12(11)4/h5-7H2,1-4H3,(H,13,14)/t11-/m0/s1. The molecular weight excluding hydrogens is 210 g/mol. The summed E-state index contributed by atoms with van der Waals surface area (Å²) >= 11 is 0. The van der Waals surface area contributed by atoms with Crippen LogP contribution in [0.25, 0.3) is 0 Å². The number of rotatable bonds is 2. The molecule has 0 spiro atoms. The molecule has 0 bridgehead atoms. The summed E-state index contributed by atoms with van der Waals surface area (Å²) < 4.78 is 5.20. The highest BCUT2D eigenvalue weighted by atomic mass is 16.6. The second kappa shape index (κ2) is 4.05. The molecule has 0 aromatic rings. The van der Waals surface area contributed by atoms with E-state index in [0.29, 0.717) is 19.4 Å². The summed E-state index contributed by atoms with van der Waals surface area (Å²) in [6.07, 6.45) is 1.01. The molecule has 1 aliphatic rings. The SMILES string of the molecule is CN1CCC[C@]1(C(=O)O)C(=O)OC(C)(C)C. The Balaban J connectivity index is 2.95. The molecule has 0 radical (unpaired) electrons. The van der Waals surface area contributed by atoms with E-state index in [9.17, 15) is 14.7 Å². The first-order chi connectivity index (χ1) is 7.20. The molecule has 1 aliphatic heterocycles. The van der Waals surface area contributed by atoms with Crippen LogP contribution in [0.4, 0.5) is 0 Å². The zero-order valence-corrected chi connectivity index (χ0v) is 10.2. The first-order valence-corrected chi connectivity index (χ1v) is 5.38. The van der Waals surface area contributed by atoms with E-state index in [-0.39, 0.29) is 0 Å². The first kappa shape index (κ1) is 13.0. The van der Waals surface area contributed by atoms with E-state index in [1.54, 1.807) is 32.7 Å². The van der Waals surface area contributed by atoms with Gasteiger partial charge in [-0.3, -0.25) is 4.90 Å². The van der Waals surface area contributed by atoms with Gasteiger partial charge in [-0.25, -0.2) is 9.59 Å². The summed E-state index contributed by atoms with van der Waals surface area (Å²) in [6, 6.07) is 0. The average molecular weight is 229 g/mol. The molecule has 1 saturated heterocycles. The number of aliphatic carboxylic acids is 1. The van der Waals surface area contributed by atoms with E-state index in [4.69, 9.17) is 4.74 Å². The molecule has 5 nitrogen and oxygen atoms in total. The number of esters is 1. The van der Waals surface area contributed by atoms with Crippen molar-refractivity contribution >= 4 is 11.9 Å². The third kappa shape index (κ3) is 2.19. The minimum atomic E-state index is -1.49. The van der Waals surface area contributed by atoms with Crippen molar-refractivity contribution in [2.24, 2.45) is 0 Å². The monoisotopic (exact) mass is 229 g/mol. The molecule has 0 aromatic carbocycles. The maximum atomic E-state index is 12.0. The third-order valence-corrected chi connectivity index (χ3v) is 2.77. The molecule has 1 rings (SSSR count). The van der Waals surface area contributed by atoms with Gasteiger partial charge in [0, 0.05) is 0 Å². The predicted octanol–water partition coefficient (Wildman–Crippen LogP) is 0.877. The number of hydrogen-bond donors (Lipinski definition) is 1. The highest BCUT2D eigenvalue weighted by Crippen LogP contribution is 2.31. The van der Waals surface area contributed by atoms with Crippen LogP contribution in [-0.2, 0) is 14.3 Å². The average Bonchev–Trinajstić information content (AvgIpc) is 2.44. The van der Waals surface area contributed by atoms with E-state index < -0.39 is 23.1 Å². The molecule has 1 heterocycles. The molecule has 5 heteroatoms. The zero-order valence-electron chi connectivity index (χ0n) is 10.2. The van der Waals surface area contributed by atoms with Gasteiger partial charge in [0.1, 0.15) is 5.60 Å². The van der Waals surface area contributed by atoms with Crippen molar-refractivity contribution in [3.63, 3.8) is 0 Å². The summed E-state index contributed by atoms with van der Waals surface area (Å²) in [7, 11) is 1.64. The van der Waals surface area contributed by atoms with Crippen molar-refractivity contribution in [1.82, 2.24) is 4.90 Å². The van der Waals surface area contributed by atoms with Gasteiger partial charge in [-0.15, -0.1) is 0 Å².